The van der Waals surface area contributed by atoms with Crippen LogP contribution in [0.1, 0.15) is 79.9 Å². The summed E-state index contributed by atoms with van der Waals surface area (Å²) >= 11 is 0. The Morgan fingerprint density at radius 2 is 1.77 bits per heavy atom. The summed E-state index contributed by atoms with van der Waals surface area (Å²) in [5.41, 5.74) is 8.91. The third kappa shape index (κ3) is 4.80. The Hall–Kier alpha value is -5.39. The average molecular weight is 581 g/mol. The first-order chi connectivity index (χ1) is 20.4. The van der Waals surface area contributed by atoms with Gasteiger partial charge >= 0.3 is 5.97 Å². The van der Waals surface area contributed by atoms with Crippen molar-refractivity contribution in [2.45, 2.75) is 44.7 Å². The molecule has 3 aromatic carbocycles. The van der Waals surface area contributed by atoms with Gasteiger partial charge in [0.05, 0.1) is 11.6 Å². The first-order valence-electron chi connectivity index (χ1n) is 13.7. The van der Waals surface area contributed by atoms with Gasteiger partial charge in [0.15, 0.2) is 0 Å². The highest BCUT2D eigenvalue weighted by molar-refractivity contribution is 5.97. The number of aromatic nitrogens is 2. The summed E-state index contributed by atoms with van der Waals surface area (Å²) in [5.74, 6) is -1.99. The molecule has 2 aliphatic rings. The van der Waals surface area contributed by atoms with E-state index in [9.17, 15) is 29.1 Å². The number of hydrogen-bond acceptors (Lipinski definition) is 9. The number of benzene rings is 2. The van der Waals surface area contributed by atoms with Gasteiger partial charge in [-0.25, -0.2) is 14.8 Å². The summed E-state index contributed by atoms with van der Waals surface area (Å²) in [4.78, 5) is 71.1. The van der Waals surface area contributed by atoms with Gasteiger partial charge in [0.2, 0.25) is 0 Å². The second-order valence-corrected chi connectivity index (χ2v) is 11.5. The molecule has 2 amide bonds. The van der Waals surface area contributed by atoms with Gasteiger partial charge in [0, 0.05) is 30.3 Å². The lowest BCUT2D eigenvalue weighted by atomic mass is 9.86. The molecule has 5 N–H and O–H groups in total. The van der Waals surface area contributed by atoms with E-state index in [2.05, 4.69) is 20.6 Å². The number of nitrogens with zero attached hydrogens (tertiary/aromatic N) is 3. The molecule has 1 atom stereocenters. The number of anilines is 3. The Kier molecular flexibility index (Phi) is 6.56. The number of carbonyl (C=O) groups excluding carboxylic acids is 2. The molecule has 4 aromatic rings. The molecule has 0 unspecified atom stereocenters. The smallest absolute Gasteiger partial charge is 0.335 e. The predicted octanol–water partition coefficient (Wildman–Crippen LogP) is 2.13. The third-order valence-corrected chi connectivity index (χ3v) is 8.18. The SMILES string of the molecule is CC1(C)CN(c2c(N)c(=O)c2=O)c2cc(CNC(=O)c3cc(C(=O)N[C@H]4CCc5cc(C(=O)O)ccc54)ncn3)ccc21. The predicted molar refractivity (Wildman–Crippen MR) is 157 cm³/mol. The topological polar surface area (TPSA) is 185 Å². The molecule has 6 rings (SSSR count). The number of fused-ring (bicyclic) bond motifs is 2. The fourth-order valence-corrected chi connectivity index (χ4v) is 5.92. The minimum atomic E-state index is -1.00. The van der Waals surface area contributed by atoms with Gasteiger partial charge in [-0.1, -0.05) is 32.0 Å². The summed E-state index contributed by atoms with van der Waals surface area (Å²) in [5, 5.41) is 14.9. The van der Waals surface area contributed by atoms with E-state index >= 15 is 0 Å². The number of nitrogens with two attached hydrogens (primary N) is 1. The Morgan fingerprint density at radius 1 is 1.02 bits per heavy atom. The Balaban J connectivity index is 1.14. The van der Waals surface area contributed by atoms with Gasteiger partial charge in [0.25, 0.3) is 22.7 Å². The van der Waals surface area contributed by atoms with Gasteiger partial charge in [-0.15, -0.1) is 0 Å². The summed E-state index contributed by atoms with van der Waals surface area (Å²) in [6.07, 6.45) is 2.40. The van der Waals surface area contributed by atoms with E-state index < -0.39 is 28.6 Å². The Bertz CT molecular complexity index is 1910. The molecule has 0 spiro atoms. The molecule has 0 saturated heterocycles. The molecule has 218 valence electrons. The molecule has 0 bridgehead atoms. The highest BCUT2D eigenvalue weighted by atomic mass is 16.4. The van der Waals surface area contributed by atoms with Crippen molar-refractivity contribution in [2.75, 3.05) is 17.2 Å². The number of carbonyl (C=O) groups is 3. The molecule has 12 heteroatoms. The van der Waals surface area contributed by atoms with Crippen LogP contribution >= 0.6 is 0 Å². The molecule has 0 fully saturated rings. The van der Waals surface area contributed by atoms with Crippen LogP contribution in [-0.4, -0.2) is 39.4 Å². The highest BCUT2D eigenvalue weighted by Crippen LogP contribution is 2.45. The maximum atomic E-state index is 13.0. The van der Waals surface area contributed by atoms with Crippen molar-refractivity contribution in [3.05, 3.63) is 108 Å². The van der Waals surface area contributed by atoms with Crippen molar-refractivity contribution in [3.8, 4) is 0 Å². The van der Waals surface area contributed by atoms with Crippen molar-refractivity contribution in [1.82, 2.24) is 20.6 Å². The quantitative estimate of drug-likeness (QED) is 0.236. The standard InChI is InChI=1S/C31H28N6O6/c1-31(2)13-37(25-24(32)26(38)27(25)39)23-9-15(3-7-19(23)31)12-33-28(40)21-11-22(35-14-34-21)29(41)36-20-8-5-16-10-17(30(42)43)4-6-18(16)20/h3-4,6-7,9-11,14,20H,5,8,12-13,32H2,1-2H3,(H,33,40)(H,36,41)(H,42,43)/t20-/m0/s1. The van der Waals surface area contributed by atoms with Gasteiger partial charge in [0.1, 0.15) is 29.1 Å². The second kappa shape index (κ2) is 10.2. The molecule has 1 aliphatic heterocycles. The first kappa shape index (κ1) is 27.8. The van der Waals surface area contributed by atoms with Crippen molar-refractivity contribution in [1.29, 1.82) is 0 Å². The molecule has 0 saturated carbocycles. The van der Waals surface area contributed by atoms with Crippen LogP contribution < -0.4 is 32.1 Å². The number of amides is 2. The lowest BCUT2D eigenvalue weighted by Crippen LogP contribution is -2.41. The number of carboxylic acids is 1. The van der Waals surface area contributed by atoms with Gasteiger partial charge in [-0.2, -0.15) is 0 Å². The molecule has 1 aliphatic carbocycles. The third-order valence-electron chi connectivity index (χ3n) is 8.18. The van der Waals surface area contributed by atoms with E-state index in [-0.39, 0.29) is 46.3 Å². The average Bonchev–Trinajstić information content (AvgIpc) is 3.52. The Morgan fingerprint density at radius 3 is 2.49 bits per heavy atom. The molecule has 1 aromatic heterocycles. The monoisotopic (exact) mass is 580 g/mol. The van der Waals surface area contributed by atoms with Gasteiger partial charge in [-0.3, -0.25) is 19.2 Å². The van der Waals surface area contributed by atoms with Crippen molar-refractivity contribution >= 4 is 34.8 Å². The number of carboxylic acid groups (broad SMARTS) is 1. The molecular formula is C31H28N6O6. The maximum Gasteiger partial charge on any atom is 0.335 e. The van der Waals surface area contributed by atoms with Crippen LogP contribution in [0, 0.1) is 0 Å². The van der Waals surface area contributed by atoms with Crippen LogP contribution in [0.4, 0.5) is 17.1 Å². The number of nitrogen functional groups attached to an aromatic ring is 1. The molecule has 12 nitrogen and oxygen atoms in total. The van der Waals surface area contributed by atoms with Crippen LogP contribution in [0.25, 0.3) is 0 Å². The molecule has 43 heavy (non-hydrogen) atoms. The summed E-state index contributed by atoms with van der Waals surface area (Å²) in [7, 11) is 0. The molecule has 2 heterocycles. The van der Waals surface area contributed by atoms with E-state index in [0.29, 0.717) is 19.4 Å². The number of aryl methyl sites for hydroxylation is 1. The van der Waals surface area contributed by atoms with Crippen molar-refractivity contribution in [2.24, 2.45) is 0 Å². The number of nitrogens with one attached hydrogen (secondary N) is 2. The normalized spacial score (nSPS) is 16.5. The van der Waals surface area contributed by atoms with Crippen molar-refractivity contribution in [3.63, 3.8) is 0 Å². The van der Waals surface area contributed by atoms with E-state index in [1.807, 2.05) is 32.0 Å². The largest absolute Gasteiger partial charge is 0.478 e. The van der Waals surface area contributed by atoms with Crippen LogP contribution in [0.5, 0.6) is 0 Å². The van der Waals surface area contributed by atoms with Crippen molar-refractivity contribution < 1.29 is 19.5 Å². The van der Waals surface area contributed by atoms with E-state index in [0.717, 1.165) is 34.3 Å². The zero-order valence-corrected chi connectivity index (χ0v) is 23.4. The second-order valence-electron chi connectivity index (χ2n) is 11.5. The van der Waals surface area contributed by atoms with Crippen LogP contribution in [0.3, 0.4) is 0 Å². The van der Waals surface area contributed by atoms with Gasteiger partial charge in [-0.05, 0) is 53.3 Å². The van der Waals surface area contributed by atoms with E-state index in [1.54, 1.807) is 17.0 Å². The lowest BCUT2D eigenvalue weighted by molar-refractivity contribution is 0.0696. The highest BCUT2D eigenvalue weighted by Gasteiger charge is 2.39. The zero-order chi connectivity index (χ0) is 30.6. The first-order valence-corrected chi connectivity index (χ1v) is 13.7. The minimum absolute atomic E-state index is 0.0125. The number of hydrogen-bond donors (Lipinski definition) is 4. The fraction of sp³-hybridized carbons (Fsp3) is 0.258. The lowest BCUT2D eigenvalue weighted by Gasteiger charge is -2.24. The van der Waals surface area contributed by atoms with Crippen LogP contribution in [0.2, 0.25) is 0 Å². The summed E-state index contributed by atoms with van der Waals surface area (Å²) in [6.45, 7) is 4.70. The maximum absolute atomic E-state index is 13.0. The summed E-state index contributed by atoms with van der Waals surface area (Å²) in [6, 6.07) is 11.5. The van der Waals surface area contributed by atoms with E-state index in [4.69, 9.17) is 5.73 Å². The summed E-state index contributed by atoms with van der Waals surface area (Å²) < 4.78 is 0. The number of aromatic carboxylic acids is 1. The van der Waals surface area contributed by atoms with Gasteiger partial charge < -0.3 is 26.4 Å². The number of rotatable bonds is 7. The molecular weight excluding hydrogens is 552 g/mol. The Labute approximate surface area is 245 Å². The van der Waals surface area contributed by atoms with Crippen LogP contribution in [0.15, 0.2) is 58.4 Å². The fourth-order valence-electron chi connectivity index (χ4n) is 5.92. The van der Waals surface area contributed by atoms with E-state index in [1.165, 1.54) is 12.1 Å². The van der Waals surface area contributed by atoms with Crippen LogP contribution in [-0.2, 0) is 18.4 Å². The molecule has 0 radical (unpaired) electrons. The minimum Gasteiger partial charge on any atom is -0.478 e. The zero-order valence-electron chi connectivity index (χ0n) is 23.4.